The lowest BCUT2D eigenvalue weighted by atomic mass is 9.89. The highest BCUT2D eigenvalue weighted by atomic mass is 19.1. The summed E-state index contributed by atoms with van der Waals surface area (Å²) in [6.45, 7) is 2.18. The van der Waals surface area contributed by atoms with E-state index in [1.165, 1.54) is 12.1 Å². The molecule has 0 spiro atoms. The Morgan fingerprint density at radius 2 is 2.00 bits per heavy atom. The molecule has 1 N–H and O–H groups in total. The van der Waals surface area contributed by atoms with Crippen LogP contribution in [0, 0.1) is 5.82 Å². The lowest BCUT2D eigenvalue weighted by Gasteiger charge is -2.32. The number of hydrogen-bond donors (Lipinski definition) is 1. The lowest BCUT2D eigenvalue weighted by Crippen LogP contribution is -2.47. The molecule has 0 aliphatic heterocycles. The average Bonchev–Trinajstić information content (AvgIpc) is 2.66. The van der Waals surface area contributed by atoms with Gasteiger partial charge < -0.3 is 10.1 Å². The summed E-state index contributed by atoms with van der Waals surface area (Å²) in [6.07, 6.45) is 5.71. The van der Waals surface area contributed by atoms with Crippen molar-refractivity contribution in [2.75, 3.05) is 11.9 Å². The molecule has 0 aromatic heterocycles. The minimum Gasteiger partial charge on any atom is -0.464 e. The van der Waals surface area contributed by atoms with Gasteiger partial charge in [-0.1, -0.05) is 31.7 Å². The Morgan fingerprint density at radius 1 is 1.30 bits per heavy atom. The van der Waals surface area contributed by atoms with E-state index in [1.54, 1.807) is 12.1 Å². The Bertz CT molecular complexity index is 454. The van der Waals surface area contributed by atoms with Crippen LogP contribution in [0.5, 0.6) is 0 Å². The van der Waals surface area contributed by atoms with Gasteiger partial charge in [-0.2, -0.15) is 0 Å². The molecule has 1 fully saturated rings. The van der Waals surface area contributed by atoms with Crippen LogP contribution in [0.25, 0.3) is 0 Å². The van der Waals surface area contributed by atoms with Crippen LogP contribution in [-0.4, -0.2) is 18.1 Å². The second-order valence-corrected chi connectivity index (χ2v) is 5.35. The average molecular weight is 279 g/mol. The van der Waals surface area contributed by atoms with E-state index in [-0.39, 0.29) is 11.8 Å². The fourth-order valence-electron chi connectivity index (χ4n) is 2.82. The van der Waals surface area contributed by atoms with Crippen LogP contribution in [0.4, 0.5) is 10.1 Å². The van der Waals surface area contributed by atoms with Crippen molar-refractivity contribution in [3.8, 4) is 0 Å². The first-order chi connectivity index (χ1) is 9.66. The number of hydrogen-bond acceptors (Lipinski definition) is 3. The van der Waals surface area contributed by atoms with Crippen LogP contribution in [-0.2, 0) is 9.53 Å². The maximum atomic E-state index is 13.3. The minimum absolute atomic E-state index is 0.217. The third kappa shape index (κ3) is 3.50. The van der Waals surface area contributed by atoms with Crippen molar-refractivity contribution in [2.45, 2.75) is 51.0 Å². The molecule has 1 aromatic rings. The van der Waals surface area contributed by atoms with E-state index in [0.717, 1.165) is 38.5 Å². The van der Waals surface area contributed by atoms with E-state index in [2.05, 4.69) is 5.32 Å². The molecule has 0 atom stereocenters. The number of carbonyl (C=O) groups is 1. The summed E-state index contributed by atoms with van der Waals surface area (Å²) >= 11 is 0. The van der Waals surface area contributed by atoms with Gasteiger partial charge >= 0.3 is 5.97 Å². The fraction of sp³-hybridized carbons (Fsp3) is 0.562. The van der Waals surface area contributed by atoms with Crippen LogP contribution in [0.1, 0.15) is 45.4 Å². The van der Waals surface area contributed by atoms with Crippen molar-refractivity contribution in [1.29, 1.82) is 0 Å². The van der Waals surface area contributed by atoms with Gasteiger partial charge in [-0.25, -0.2) is 9.18 Å². The summed E-state index contributed by atoms with van der Waals surface area (Å²) < 4.78 is 18.6. The van der Waals surface area contributed by atoms with Crippen LogP contribution >= 0.6 is 0 Å². The first kappa shape index (κ1) is 14.8. The zero-order valence-corrected chi connectivity index (χ0v) is 12.0. The molecule has 0 radical (unpaired) electrons. The number of benzene rings is 1. The maximum Gasteiger partial charge on any atom is 0.331 e. The predicted octanol–water partition coefficient (Wildman–Crippen LogP) is 3.89. The molecule has 4 heteroatoms. The molecule has 0 unspecified atom stereocenters. The Hall–Kier alpha value is -1.58. The van der Waals surface area contributed by atoms with Gasteiger partial charge in [0.1, 0.15) is 11.4 Å². The highest BCUT2D eigenvalue weighted by Crippen LogP contribution is 2.32. The summed E-state index contributed by atoms with van der Waals surface area (Å²) in [5, 5.41) is 3.25. The number of halogens is 1. The molecule has 1 aliphatic carbocycles. The van der Waals surface area contributed by atoms with Gasteiger partial charge in [-0.15, -0.1) is 0 Å². The number of nitrogens with one attached hydrogen (secondary N) is 1. The topological polar surface area (TPSA) is 38.3 Å². The van der Waals surface area contributed by atoms with Crippen LogP contribution < -0.4 is 5.32 Å². The zero-order chi connectivity index (χ0) is 14.4. The summed E-state index contributed by atoms with van der Waals surface area (Å²) in [6, 6.07) is 6.25. The maximum absolute atomic E-state index is 13.3. The number of rotatable bonds is 4. The van der Waals surface area contributed by atoms with Crippen molar-refractivity contribution < 1.29 is 13.9 Å². The van der Waals surface area contributed by atoms with Crippen LogP contribution in [0.3, 0.4) is 0 Å². The van der Waals surface area contributed by atoms with Gasteiger partial charge in [0, 0.05) is 5.69 Å². The molecule has 0 bridgehead atoms. The number of carbonyl (C=O) groups excluding carboxylic acids is 1. The van der Waals surface area contributed by atoms with E-state index < -0.39 is 5.54 Å². The Kier molecular flexibility index (Phi) is 4.99. The van der Waals surface area contributed by atoms with E-state index in [4.69, 9.17) is 4.74 Å². The SMILES string of the molecule is CCOC(=O)C1(Nc2cccc(F)c2)CCCCCC1. The standard InChI is InChI=1S/C16H22FNO2/c1-2-20-15(19)16(10-5-3-4-6-11-16)18-14-9-7-8-13(17)12-14/h7-9,12,18H,2-6,10-11H2,1H3. The molecule has 1 aliphatic rings. The molecule has 110 valence electrons. The number of anilines is 1. The number of ether oxygens (including phenoxy) is 1. The monoisotopic (exact) mass is 279 g/mol. The lowest BCUT2D eigenvalue weighted by molar-refractivity contribution is -0.149. The van der Waals surface area contributed by atoms with Gasteiger partial charge in [0.15, 0.2) is 0 Å². The normalized spacial score (nSPS) is 18.1. The first-order valence-electron chi connectivity index (χ1n) is 7.37. The third-order valence-corrected chi connectivity index (χ3v) is 3.83. The predicted molar refractivity (Wildman–Crippen MR) is 77.1 cm³/mol. The van der Waals surface area contributed by atoms with Gasteiger partial charge in [0.05, 0.1) is 6.61 Å². The van der Waals surface area contributed by atoms with E-state index >= 15 is 0 Å². The molecule has 1 aromatic carbocycles. The smallest absolute Gasteiger partial charge is 0.331 e. The van der Waals surface area contributed by atoms with E-state index in [1.807, 2.05) is 6.92 Å². The number of esters is 1. The summed E-state index contributed by atoms with van der Waals surface area (Å²) in [4.78, 5) is 12.4. The molecule has 1 saturated carbocycles. The quantitative estimate of drug-likeness (QED) is 0.671. The van der Waals surface area contributed by atoms with Crippen LogP contribution in [0.2, 0.25) is 0 Å². The zero-order valence-electron chi connectivity index (χ0n) is 12.0. The Morgan fingerprint density at radius 3 is 2.60 bits per heavy atom. The Balaban J connectivity index is 2.23. The Labute approximate surface area is 119 Å². The summed E-state index contributed by atoms with van der Waals surface area (Å²) in [5.74, 6) is -0.520. The third-order valence-electron chi connectivity index (χ3n) is 3.83. The first-order valence-corrected chi connectivity index (χ1v) is 7.37. The molecule has 2 rings (SSSR count). The van der Waals surface area contributed by atoms with Crippen molar-refractivity contribution >= 4 is 11.7 Å². The second kappa shape index (κ2) is 6.73. The largest absolute Gasteiger partial charge is 0.464 e. The molecule has 0 saturated heterocycles. The second-order valence-electron chi connectivity index (χ2n) is 5.35. The highest BCUT2D eigenvalue weighted by molar-refractivity contribution is 5.84. The van der Waals surface area contributed by atoms with Gasteiger partial charge in [0.25, 0.3) is 0 Å². The van der Waals surface area contributed by atoms with Gasteiger partial charge in [-0.05, 0) is 38.0 Å². The van der Waals surface area contributed by atoms with E-state index in [9.17, 15) is 9.18 Å². The summed E-state index contributed by atoms with van der Waals surface area (Å²) in [5.41, 5.74) is -0.0692. The molecule has 3 nitrogen and oxygen atoms in total. The van der Waals surface area contributed by atoms with Gasteiger partial charge in [0.2, 0.25) is 0 Å². The summed E-state index contributed by atoms with van der Waals surface area (Å²) in [7, 11) is 0. The van der Waals surface area contributed by atoms with Crippen molar-refractivity contribution in [2.24, 2.45) is 0 Å². The molecular formula is C16H22FNO2. The van der Waals surface area contributed by atoms with E-state index in [0.29, 0.717) is 12.3 Å². The molecule has 20 heavy (non-hydrogen) atoms. The van der Waals surface area contributed by atoms with Crippen molar-refractivity contribution in [3.05, 3.63) is 30.1 Å². The minimum atomic E-state index is -0.708. The highest BCUT2D eigenvalue weighted by Gasteiger charge is 2.40. The van der Waals surface area contributed by atoms with Crippen molar-refractivity contribution in [1.82, 2.24) is 0 Å². The fourth-order valence-corrected chi connectivity index (χ4v) is 2.82. The molecular weight excluding hydrogens is 257 g/mol. The molecule has 0 heterocycles. The van der Waals surface area contributed by atoms with Crippen LogP contribution in [0.15, 0.2) is 24.3 Å². The molecule has 0 amide bonds. The van der Waals surface area contributed by atoms with Crippen molar-refractivity contribution in [3.63, 3.8) is 0 Å². The van der Waals surface area contributed by atoms with Gasteiger partial charge in [-0.3, -0.25) is 0 Å².